The number of aliphatic imine (C=N–C) groups is 1. The van der Waals surface area contributed by atoms with Crippen molar-refractivity contribution in [2.45, 2.75) is 11.6 Å². The topological polar surface area (TPSA) is 53.6 Å². The number of rotatable bonds is 8. The molecule has 8 aromatic rings. The molecule has 4 heteroatoms. The summed E-state index contributed by atoms with van der Waals surface area (Å²) in [7, 11) is 0. The lowest BCUT2D eigenvalue weighted by atomic mass is 9.63. The van der Waals surface area contributed by atoms with E-state index in [0.29, 0.717) is 6.54 Å². The first-order valence-corrected chi connectivity index (χ1v) is 21.3. The highest BCUT2D eigenvalue weighted by atomic mass is 15.2. The molecule has 1 spiro atoms. The van der Waals surface area contributed by atoms with Crippen molar-refractivity contribution in [1.29, 1.82) is 0 Å². The van der Waals surface area contributed by atoms with Gasteiger partial charge in [0.25, 0.3) is 0 Å². The molecule has 0 fully saturated rings. The van der Waals surface area contributed by atoms with Crippen LogP contribution in [0.15, 0.2) is 235 Å². The number of benzene rings is 8. The van der Waals surface area contributed by atoms with Gasteiger partial charge < -0.3 is 16.0 Å². The van der Waals surface area contributed by atoms with Crippen LogP contribution in [-0.4, -0.2) is 12.3 Å². The van der Waals surface area contributed by atoms with E-state index in [-0.39, 0.29) is 6.17 Å². The van der Waals surface area contributed by atoms with Crippen LogP contribution in [-0.2, 0) is 5.41 Å². The number of anilines is 3. The molecule has 1 aliphatic carbocycles. The average molecular weight is 797 g/mol. The summed E-state index contributed by atoms with van der Waals surface area (Å²) >= 11 is 0. The van der Waals surface area contributed by atoms with Gasteiger partial charge in [-0.2, -0.15) is 0 Å². The van der Waals surface area contributed by atoms with Crippen LogP contribution in [0.25, 0.3) is 34.0 Å². The summed E-state index contributed by atoms with van der Waals surface area (Å²) in [6.07, 6.45) is 8.67. The van der Waals surface area contributed by atoms with Crippen LogP contribution in [0.2, 0.25) is 0 Å². The molecule has 3 N–H and O–H groups in total. The van der Waals surface area contributed by atoms with E-state index in [1.54, 1.807) is 0 Å². The van der Waals surface area contributed by atoms with Gasteiger partial charge in [0.2, 0.25) is 0 Å². The fourth-order valence-corrected chi connectivity index (χ4v) is 9.69. The predicted molar refractivity (Wildman–Crippen MR) is 258 cm³/mol. The zero-order chi connectivity index (χ0) is 41.5. The zero-order valence-corrected chi connectivity index (χ0v) is 34.2. The predicted octanol–water partition coefficient (Wildman–Crippen LogP) is 13.2. The standard InChI is InChI=1S/C58H44N4/c59-34-16-25-48-37-46-33-32-45(38-52(46)58(48)50-28-10-12-30-55(50)62(49-26-8-3-9-27-49)56-31-13-11-29-51(56)58)43-22-14-21-42(35-43)44-23-15-24-47(36-44)54-39-53(40-17-4-1-5-18-40)60-57(61-54)41-19-6-2-7-20-41/h1-33,35-39,57,61H,34,59H2/b25-16-. The third-order valence-corrected chi connectivity index (χ3v) is 12.5. The fraction of sp³-hybridized carbons (Fsp3) is 0.0517. The summed E-state index contributed by atoms with van der Waals surface area (Å²) in [5, 5.41) is 3.75. The maximum absolute atomic E-state index is 6.16. The molecule has 0 bridgehead atoms. The minimum absolute atomic E-state index is 0.202. The number of nitrogens with zero attached hydrogens (tertiary/aromatic N) is 2. The van der Waals surface area contributed by atoms with Crippen molar-refractivity contribution >= 4 is 34.5 Å². The second kappa shape index (κ2) is 15.7. The van der Waals surface area contributed by atoms with E-state index in [2.05, 4.69) is 229 Å². The Labute approximate surface area is 363 Å². The Bertz CT molecular complexity index is 3040. The Morgan fingerprint density at radius 2 is 1.06 bits per heavy atom. The Morgan fingerprint density at radius 3 is 1.73 bits per heavy atom. The van der Waals surface area contributed by atoms with Gasteiger partial charge in [0.1, 0.15) is 6.17 Å². The molecule has 1 atom stereocenters. The molecule has 0 amide bonds. The molecule has 8 aromatic carbocycles. The molecular formula is C58H44N4. The lowest BCUT2D eigenvalue weighted by Crippen LogP contribution is -2.36. The van der Waals surface area contributed by atoms with Crippen LogP contribution < -0.4 is 16.0 Å². The zero-order valence-electron chi connectivity index (χ0n) is 34.2. The molecule has 0 saturated carbocycles. The third kappa shape index (κ3) is 6.32. The highest BCUT2D eigenvalue weighted by Gasteiger charge is 2.50. The van der Waals surface area contributed by atoms with Crippen molar-refractivity contribution in [3.05, 3.63) is 269 Å². The van der Waals surface area contributed by atoms with Crippen molar-refractivity contribution in [2.24, 2.45) is 10.7 Å². The smallest absolute Gasteiger partial charge is 0.145 e. The van der Waals surface area contributed by atoms with Gasteiger partial charge in [0.05, 0.1) is 22.5 Å². The SMILES string of the molecule is NC/C=C\C1=Cc2ccc(-c3cccc(-c4cccc(C5=CC(c6ccccc6)=NC(c6ccccc6)N5)c4)c3)cc2C12c1ccccc1N(c1ccccc1)c1ccccc12. The summed E-state index contributed by atoms with van der Waals surface area (Å²) in [6.45, 7) is 0.463. The molecule has 4 nitrogen and oxygen atoms in total. The maximum atomic E-state index is 6.16. The third-order valence-electron chi connectivity index (χ3n) is 12.5. The first-order valence-electron chi connectivity index (χ1n) is 21.3. The number of hydrogen-bond acceptors (Lipinski definition) is 4. The normalized spacial score (nSPS) is 15.9. The maximum Gasteiger partial charge on any atom is 0.145 e. The Balaban J connectivity index is 1.00. The van der Waals surface area contributed by atoms with Gasteiger partial charge in [-0.3, -0.25) is 4.99 Å². The summed E-state index contributed by atoms with van der Waals surface area (Å²) in [5.74, 6) is 0. The molecule has 62 heavy (non-hydrogen) atoms. The van der Waals surface area contributed by atoms with Gasteiger partial charge in [-0.25, -0.2) is 0 Å². The number of para-hydroxylation sites is 3. The molecule has 296 valence electrons. The van der Waals surface area contributed by atoms with Gasteiger partial charge in [-0.1, -0.05) is 176 Å². The Hall–Kier alpha value is -7.79. The molecule has 1 unspecified atom stereocenters. The number of hydrogen-bond donors (Lipinski definition) is 2. The van der Waals surface area contributed by atoms with Crippen LogP contribution in [0.1, 0.15) is 45.1 Å². The van der Waals surface area contributed by atoms with Crippen molar-refractivity contribution in [1.82, 2.24) is 5.32 Å². The molecule has 3 aliphatic rings. The monoisotopic (exact) mass is 796 g/mol. The summed E-state index contributed by atoms with van der Waals surface area (Å²) < 4.78 is 0. The van der Waals surface area contributed by atoms with E-state index in [1.165, 1.54) is 44.8 Å². The van der Waals surface area contributed by atoms with Gasteiger partial charge in [-0.15, -0.1) is 0 Å². The number of fused-ring (bicyclic) bond motifs is 6. The molecule has 0 radical (unpaired) electrons. The molecule has 2 heterocycles. The number of nitrogens with two attached hydrogens (primary N) is 1. The van der Waals surface area contributed by atoms with Crippen molar-refractivity contribution in [2.75, 3.05) is 11.4 Å². The second-order valence-electron chi connectivity index (χ2n) is 16.1. The molecule has 0 saturated heterocycles. The molecule has 0 aromatic heterocycles. The minimum Gasteiger partial charge on any atom is -0.360 e. The van der Waals surface area contributed by atoms with E-state index in [9.17, 15) is 0 Å². The lowest BCUT2D eigenvalue weighted by molar-refractivity contribution is 0.664. The van der Waals surface area contributed by atoms with E-state index >= 15 is 0 Å². The first kappa shape index (κ1) is 37.2. The number of nitrogens with one attached hydrogen (secondary N) is 1. The summed E-state index contributed by atoms with van der Waals surface area (Å²) in [5.41, 5.74) is 25.3. The van der Waals surface area contributed by atoms with E-state index in [4.69, 9.17) is 10.7 Å². The first-order chi connectivity index (χ1) is 30.7. The number of allylic oxidation sites excluding steroid dienone is 3. The lowest BCUT2D eigenvalue weighted by Gasteiger charge is -2.45. The minimum atomic E-state index is -0.554. The molecule has 11 rings (SSSR count). The average Bonchev–Trinajstić information content (AvgIpc) is 3.67. The van der Waals surface area contributed by atoms with Crippen molar-refractivity contribution in [3.63, 3.8) is 0 Å². The molecular weight excluding hydrogens is 753 g/mol. The van der Waals surface area contributed by atoms with Crippen LogP contribution >= 0.6 is 0 Å². The van der Waals surface area contributed by atoms with Gasteiger partial charge in [0, 0.05) is 17.9 Å². The highest BCUT2D eigenvalue weighted by molar-refractivity contribution is 6.13. The van der Waals surface area contributed by atoms with Crippen LogP contribution in [0.3, 0.4) is 0 Å². The van der Waals surface area contributed by atoms with Crippen molar-refractivity contribution in [3.8, 4) is 22.3 Å². The van der Waals surface area contributed by atoms with Gasteiger partial charge >= 0.3 is 0 Å². The van der Waals surface area contributed by atoms with E-state index in [1.807, 2.05) is 12.1 Å². The summed E-state index contributed by atoms with van der Waals surface area (Å²) in [6, 6.07) is 74.2. The van der Waals surface area contributed by atoms with E-state index in [0.717, 1.165) is 50.5 Å². The van der Waals surface area contributed by atoms with Crippen LogP contribution in [0, 0.1) is 0 Å². The molecule has 2 aliphatic heterocycles. The van der Waals surface area contributed by atoms with E-state index < -0.39 is 5.41 Å². The summed E-state index contributed by atoms with van der Waals surface area (Å²) in [4.78, 5) is 7.57. The quantitative estimate of drug-likeness (QED) is 0.161. The van der Waals surface area contributed by atoms with Gasteiger partial charge in [0.15, 0.2) is 0 Å². The van der Waals surface area contributed by atoms with Crippen LogP contribution in [0.4, 0.5) is 17.1 Å². The second-order valence-corrected chi connectivity index (χ2v) is 16.1. The highest BCUT2D eigenvalue weighted by Crippen LogP contribution is 2.61. The van der Waals surface area contributed by atoms with Gasteiger partial charge in [-0.05, 0) is 121 Å². The van der Waals surface area contributed by atoms with Crippen LogP contribution in [0.5, 0.6) is 0 Å². The fourth-order valence-electron chi connectivity index (χ4n) is 9.69. The largest absolute Gasteiger partial charge is 0.360 e. The Morgan fingerprint density at radius 1 is 0.516 bits per heavy atom. The van der Waals surface area contributed by atoms with Crippen molar-refractivity contribution < 1.29 is 0 Å². The Kier molecular flexibility index (Phi) is 9.41.